The molecule has 2 saturated heterocycles. The van der Waals surface area contributed by atoms with Crippen LogP contribution in [0.15, 0.2) is 48.5 Å². The number of halogens is 1. The second-order valence-corrected chi connectivity index (χ2v) is 8.19. The molecule has 2 aliphatic heterocycles. The van der Waals surface area contributed by atoms with Gasteiger partial charge in [-0.3, -0.25) is 4.79 Å². The number of para-hydroxylation sites is 2. The molecule has 2 heterocycles. The van der Waals surface area contributed by atoms with Crippen molar-refractivity contribution in [2.75, 3.05) is 68.7 Å². The minimum Gasteiger partial charge on any atom is -0.506 e. The summed E-state index contributed by atoms with van der Waals surface area (Å²) in [5.41, 5.74) is 2.01. The van der Waals surface area contributed by atoms with E-state index in [2.05, 4.69) is 15.9 Å². The number of carbonyl (C=O) groups is 1. The van der Waals surface area contributed by atoms with E-state index in [0.717, 1.165) is 68.8 Å². The fraction of sp³-hybridized carbons (Fsp3) is 0.409. The Kier molecular flexibility index (Phi) is 6.11. The lowest BCUT2D eigenvalue weighted by Gasteiger charge is -2.38. The van der Waals surface area contributed by atoms with Crippen LogP contribution in [0.25, 0.3) is 0 Å². The molecule has 29 heavy (non-hydrogen) atoms. The van der Waals surface area contributed by atoms with Gasteiger partial charge in [-0.05, 0) is 30.3 Å². The van der Waals surface area contributed by atoms with E-state index < -0.39 is 0 Å². The Morgan fingerprint density at radius 3 is 2.34 bits per heavy atom. The number of amides is 1. The van der Waals surface area contributed by atoms with Crippen molar-refractivity contribution in [3.05, 3.63) is 53.6 Å². The van der Waals surface area contributed by atoms with Gasteiger partial charge in [0.05, 0.1) is 31.9 Å². The molecule has 1 amide bonds. The van der Waals surface area contributed by atoms with Crippen molar-refractivity contribution in [2.24, 2.45) is 0 Å². The summed E-state index contributed by atoms with van der Waals surface area (Å²) in [5.74, 6) is 0.561. The maximum Gasteiger partial charge on any atom is 0.277 e. The Morgan fingerprint density at radius 1 is 0.931 bits per heavy atom. The zero-order valence-corrected chi connectivity index (χ0v) is 17.3. The molecule has 0 radical (unpaired) electrons. The van der Waals surface area contributed by atoms with Crippen molar-refractivity contribution in [2.45, 2.75) is 0 Å². The van der Waals surface area contributed by atoms with Crippen molar-refractivity contribution in [1.82, 2.24) is 4.90 Å². The minimum absolute atomic E-state index is 0.238. The van der Waals surface area contributed by atoms with Gasteiger partial charge in [-0.1, -0.05) is 29.8 Å². The van der Waals surface area contributed by atoms with E-state index in [-0.39, 0.29) is 5.91 Å². The van der Waals surface area contributed by atoms with E-state index in [4.69, 9.17) is 11.6 Å². The third kappa shape index (κ3) is 4.77. The first-order valence-corrected chi connectivity index (χ1v) is 10.6. The number of benzene rings is 2. The first-order valence-electron chi connectivity index (χ1n) is 10.2. The number of anilines is 2. The number of phenolic OH excluding ortho intramolecular Hbond substituents is 1. The van der Waals surface area contributed by atoms with Gasteiger partial charge in [0.25, 0.3) is 5.91 Å². The van der Waals surface area contributed by atoms with Crippen LogP contribution >= 0.6 is 11.6 Å². The quantitative estimate of drug-likeness (QED) is 0.785. The van der Waals surface area contributed by atoms with Gasteiger partial charge in [-0.2, -0.15) is 0 Å². The van der Waals surface area contributed by atoms with Crippen LogP contribution in [0.3, 0.4) is 0 Å². The summed E-state index contributed by atoms with van der Waals surface area (Å²) >= 11 is 6.10. The number of hydrogen-bond acceptors (Lipinski definition) is 4. The van der Waals surface area contributed by atoms with Crippen molar-refractivity contribution in [3.63, 3.8) is 0 Å². The number of carbonyl (C=O) groups excluding carboxylic acids is 1. The number of hydrogen-bond donors (Lipinski definition) is 2. The molecule has 2 aromatic rings. The molecule has 2 aliphatic rings. The maximum absolute atomic E-state index is 12.8. The molecule has 0 bridgehead atoms. The Hall–Kier alpha value is -2.44. The average molecular weight is 416 g/mol. The van der Waals surface area contributed by atoms with Gasteiger partial charge >= 0.3 is 0 Å². The van der Waals surface area contributed by atoms with Gasteiger partial charge in [-0.25, -0.2) is 0 Å². The van der Waals surface area contributed by atoms with E-state index in [0.29, 0.717) is 12.3 Å². The molecular weight excluding hydrogens is 388 g/mol. The third-order valence-electron chi connectivity index (χ3n) is 5.90. The van der Waals surface area contributed by atoms with Crippen molar-refractivity contribution in [1.29, 1.82) is 0 Å². The van der Waals surface area contributed by atoms with Crippen LogP contribution in [-0.2, 0) is 4.79 Å². The van der Waals surface area contributed by atoms with E-state index in [9.17, 15) is 9.90 Å². The van der Waals surface area contributed by atoms with Gasteiger partial charge < -0.3 is 24.7 Å². The lowest BCUT2D eigenvalue weighted by atomic mass is 10.2. The number of nitrogens with zero attached hydrogens (tertiary/aromatic N) is 3. The van der Waals surface area contributed by atoms with E-state index in [1.807, 2.05) is 41.3 Å². The molecule has 0 spiro atoms. The van der Waals surface area contributed by atoms with Crippen LogP contribution in [-0.4, -0.2) is 74.8 Å². The number of piperazine rings is 2. The van der Waals surface area contributed by atoms with Crippen LogP contribution in [0, 0.1) is 0 Å². The zero-order chi connectivity index (χ0) is 20.2. The number of quaternary nitrogens is 1. The Bertz CT molecular complexity index is 846. The van der Waals surface area contributed by atoms with Gasteiger partial charge in [-0.15, -0.1) is 0 Å². The Balaban J connectivity index is 1.24. The molecule has 154 valence electrons. The fourth-order valence-corrected chi connectivity index (χ4v) is 4.37. The molecule has 2 aromatic carbocycles. The predicted octanol–water partition coefficient (Wildman–Crippen LogP) is 1.10. The second-order valence-electron chi connectivity index (χ2n) is 7.75. The topological polar surface area (TPSA) is 51.5 Å². The van der Waals surface area contributed by atoms with Crippen LogP contribution in [0.5, 0.6) is 5.75 Å². The molecule has 6 nitrogen and oxygen atoms in total. The molecule has 4 rings (SSSR count). The molecule has 7 heteroatoms. The number of rotatable bonds is 4. The summed E-state index contributed by atoms with van der Waals surface area (Å²) in [6, 6.07) is 15.3. The third-order valence-corrected chi connectivity index (χ3v) is 6.14. The molecule has 0 unspecified atom stereocenters. The lowest BCUT2D eigenvalue weighted by molar-refractivity contribution is -0.892. The monoisotopic (exact) mass is 415 g/mol. The van der Waals surface area contributed by atoms with E-state index >= 15 is 0 Å². The van der Waals surface area contributed by atoms with Crippen LogP contribution in [0.1, 0.15) is 0 Å². The standard InChI is InChI=1S/C22H27ClN4O2/c23-18-4-3-5-19(16-18)25-12-14-27(15-13-25)22(29)17-24-8-10-26(11-9-24)20-6-1-2-7-21(20)28/h1-7,16,28H,8-15,17H2/p+1. The molecular formula is C22H28ClN4O2+. The van der Waals surface area contributed by atoms with Crippen LogP contribution in [0.2, 0.25) is 5.02 Å². The summed E-state index contributed by atoms with van der Waals surface area (Å²) in [7, 11) is 0. The van der Waals surface area contributed by atoms with Crippen LogP contribution < -0.4 is 14.7 Å². The SMILES string of the molecule is O=C(C[NH+]1CCN(c2ccccc2O)CC1)N1CCN(c2cccc(Cl)c2)CC1. The van der Waals surface area contributed by atoms with Crippen molar-refractivity contribution < 1.29 is 14.8 Å². The highest BCUT2D eigenvalue weighted by atomic mass is 35.5. The highest BCUT2D eigenvalue weighted by Crippen LogP contribution is 2.26. The summed E-state index contributed by atoms with van der Waals surface area (Å²) in [4.78, 5) is 20.6. The average Bonchev–Trinajstić information content (AvgIpc) is 2.75. The molecule has 0 saturated carbocycles. The fourth-order valence-electron chi connectivity index (χ4n) is 4.18. The maximum atomic E-state index is 12.8. The summed E-state index contributed by atoms with van der Waals surface area (Å²) in [5, 5.41) is 10.8. The summed E-state index contributed by atoms with van der Waals surface area (Å²) in [6.07, 6.45) is 0. The first-order chi connectivity index (χ1) is 14.1. The van der Waals surface area contributed by atoms with Gasteiger partial charge in [0, 0.05) is 36.9 Å². The number of phenols is 1. The minimum atomic E-state index is 0.238. The normalized spacial score (nSPS) is 18.2. The molecule has 0 atom stereocenters. The Labute approximate surface area is 176 Å². The smallest absolute Gasteiger partial charge is 0.277 e. The molecule has 2 N–H and O–H groups in total. The van der Waals surface area contributed by atoms with E-state index in [1.54, 1.807) is 6.07 Å². The summed E-state index contributed by atoms with van der Waals surface area (Å²) < 4.78 is 0. The van der Waals surface area contributed by atoms with Gasteiger partial charge in [0.1, 0.15) is 5.75 Å². The largest absolute Gasteiger partial charge is 0.506 e. The van der Waals surface area contributed by atoms with Gasteiger partial charge in [0.2, 0.25) is 0 Å². The molecule has 2 fully saturated rings. The highest BCUT2D eigenvalue weighted by molar-refractivity contribution is 6.30. The van der Waals surface area contributed by atoms with Crippen molar-refractivity contribution in [3.8, 4) is 5.75 Å². The lowest BCUT2D eigenvalue weighted by Crippen LogP contribution is -3.16. The number of nitrogens with one attached hydrogen (secondary N) is 1. The van der Waals surface area contributed by atoms with Crippen LogP contribution in [0.4, 0.5) is 11.4 Å². The molecule has 0 aromatic heterocycles. The molecule has 0 aliphatic carbocycles. The Morgan fingerprint density at radius 2 is 1.66 bits per heavy atom. The summed E-state index contributed by atoms with van der Waals surface area (Å²) in [6.45, 7) is 7.23. The highest BCUT2D eigenvalue weighted by Gasteiger charge is 2.27. The first kappa shape index (κ1) is 19.9. The van der Waals surface area contributed by atoms with Gasteiger partial charge in [0.15, 0.2) is 6.54 Å². The second kappa shape index (κ2) is 8.93. The van der Waals surface area contributed by atoms with E-state index in [1.165, 1.54) is 4.90 Å². The van der Waals surface area contributed by atoms with Crippen molar-refractivity contribution >= 4 is 28.9 Å². The zero-order valence-electron chi connectivity index (χ0n) is 16.6. The number of aromatic hydroxyl groups is 1. The predicted molar refractivity (Wildman–Crippen MR) is 116 cm³/mol.